The number of carbonyl (C=O) groups is 2. The van der Waals surface area contributed by atoms with Crippen LogP contribution in [-0.2, 0) is 14.3 Å². The Balaban J connectivity index is 2.23. The number of esters is 1. The summed E-state index contributed by atoms with van der Waals surface area (Å²) in [5, 5.41) is 3.03. The average molecular weight is 312 g/mol. The largest absolute Gasteiger partial charge is 0.461 e. The van der Waals surface area contributed by atoms with Crippen molar-refractivity contribution in [1.82, 2.24) is 0 Å². The minimum absolute atomic E-state index is 0.148. The Labute approximate surface area is 114 Å². The molecule has 0 aliphatic carbocycles. The van der Waals surface area contributed by atoms with Crippen molar-refractivity contribution in [3.63, 3.8) is 0 Å². The molecule has 0 aromatic heterocycles. The van der Waals surface area contributed by atoms with Crippen LogP contribution in [0.25, 0.3) is 0 Å². The summed E-state index contributed by atoms with van der Waals surface area (Å²) < 4.78 is 5.83. The molecule has 0 radical (unpaired) electrons. The third-order valence-electron chi connectivity index (χ3n) is 1.95. The average Bonchev–Trinajstić information content (AvgIpc) is 2.30. The van der Waals surface area contributed by atoms with Crippen LogP contribution in [0.2, 0.25) is 0 Å². The van der Waals surface area contributed by atoms with E-state index < -0.39 is 5.97 Å². The summed E-state index contributed by atoms with van der Waals surface area (Å²) in [4.78, 5) is 21.6. The van der Waals surface area contributed by atoms with Crippen LogP contribution in [0.5, 0.6) is 0 Å². The zero-order chi connectivity index (χ0) is 13.4. The van der Waals surface area contributed by atoms with Gasteiger partial charge in [-0.25, -0.2) is 0 Å². The van der Waals surface area contributed by atoms with Gasteiger partial charge in [-0.2, -0.15) is 0 Å². The van der Waals surface area contributed by atoms with E-state index in [4.69, 9.17) is 4.74 Å². The third kappa shape index (κ3) is 6.20. The molecule has 0 aliphatic heterocycles. The summed E-state index contributed by atoms with van der Waals surface area (Å²) in [6, 6.07) is 7.67. The van der Waals surface area contributed by atoms with Crippen molar-refractivity contribution in [3.8, 4) is 0 Å². The van der Waals surface area contributed by atoms with E-state index in [-0.39, 0.29) is 18.8 Å². The lowest BCUT2D eigenvalue weighted by molar-refractivity contribution is -0.144. The minimum Gasteiger partial charge on any atom is -0.461 e. The Bertz CT molecular complexity index is 440. The molecule has 0 fully saturated rings. The maximum atomic E-state index is 11.0. The molecular weight excluding hydrogens is 298 g/mol. The van der Waals surface area contributed by atoms with E-state index in [0.717, 1.165) is 10.2 Å². The number of hydrogen-bond donors (Lipinski definition) is 1. The van der Waals surface area contributed by atoms with Crippen molar-refractivity contribution in [1.29, 1.82) is 0 Å². The van der Waals surface area contributed by atoms with E-state index in [0.29, 0.717) is 0 Å². The van der Waals surface area contributed by atoms with Crippen molar-refractivity contribution in [2.75, 3.05) is 11.9 Å². The predicted molar refractivity (Wildman–Crippen MR) is 73.2 cm³/mol. The van der Waals surface area contributed by atoms with Crippen molar-refractivity contribution >= 4 is 33.4 Å². The number of nitrogens with one attached hydrogen (secondary N) is 1. The van der Waals surface area contributed by atoms with E-state index in [2.05, 4.69) is 21.2 Å². The fraction of sp³-hybridized carbons (Fsp3) is 0.231. The molecule has 5 heteroatoms. The number of Topliss-reactive ketones (excluding diaryl/α,β-unsaturated/α-hetero) is 1. The van der Waals surface area contributed by atoms with Crippen LogP contribution >= 0.6 is 15.9 Å². The minimum atomic E-state index is -0.504. The Kier molecular flexibility index (Phi) is 6.14. The summed E-state index contributed by atoms with van der Waals surface area (Å²) in [7, 11) is 0. The lowest BCUT2D eigenvalue weighted by Crippen LogP contribution is -2.08. The Morgan fingerprint density at radius 2 is 2.00 bits per heavy atom. The molecule has 0 bridgehead atoms. The first-order valence-corrected chi connectivity index (χ1v) is 6.19. The summed E-state index contributed by atoms with van der Waals surface area (Å²) in [5.41, 5.74) is 0.935. The van der Waals surface area contributed by atoms with Crippen molar-refractivity contribution < 1.29 is 14.3 Å². The highest BCUT2D eigenvalue weighted by molar-refractivity contribution is 9.10. The second-order valence-electron chi connectivity index (χ2n) is 3.62. The molecular formula is C13H14BrNO3. The Morgan fingerprint density at radius 3 is 2.61 bits per heavy atom. The normalized spacial score (nSPS) is 10.3. The fourth-order valence-electron chi connectivity index (χ4n) is 1.14. The van der Waals surface area contributed by atoms with Gasteiger partial charge in [0.1, 0.15) is 18.8 Å². The molecule has 0 atom stereocenters. The molecule has 0 saturated heterocycles. The lowest BCUT2D eigenvalue weighted by Gasteiger charge is -2.01. The van der Waals surface area contributed by atoms with Crippen LogP contribution in [0.4, 0.5) is 5.69 Å². The zero-order valence-electron chi connectivity index (χ0n) is 9.98. The molecule has 18 heavy (non-hydrogen) atoms. The van der Waals surface area contributed by atoms with Gasteiger partial charge in [0, 0.05) is 16.4 Å². The lowest BCUT2D eigenvalue weighted by atomic mass is 10.3. The topological polar surface area (TPSA) is 55.4 Å². The molecule has 1 aromatic carbocycles. The molecule has 0 amide bonds. The highest BCUT2D eigenvalue weighted by Crippen LogP contribution is 2.13. The van der Waals surface area contributed by atoms with Crippen LogP contribution in [0.1, 0.15) is 13.3 Å². The van der Waals surface area contributed by atoms with E-state index >= 15 is 0 Å². The van der Waals surface area contributed by atoms with E-state index in [1.807, 2.05) is 24.3 Å². The highest BCUT2D eigenvalue weighted by Gasteiger charge is 2.04. The molecule has 1 N–H and O–H groups in total. The third-order valence-corrected chi connectivity index (χ3v) is 2.47. The number of anilines is 1. The molecule has 0 aliphatic rings. The van der Waals surface area contributed by atoms with Gasteiger partial charge in [-0.1, -0.05) is 15.9 Å². The zero-order valence-corrected chi connectivity index (χ0v) is 11.6. The maximum absolute atomic E-state index is 11.0. The van der Waals surface area contributed by atoms with Crippen LogP contribution in [0.15, 0.2) is 41.0 Å². The van der Waals surface area contributed by atoms with E-state index in [9.17, 15) is 9.59 Å². The molecule has 96 valence electrons. The second kappa shape index (κ2) is 7.66. The second-order valence-corrected chi connectivity index (χ2v) is 4.53. The summed E-state index contributed by atoms with van der Waals surface area (Å²) in [6.45, 7) is 1.50. The number of halogens is 1. The number of hydrogen-bond acceptors (Lipinski definition) is 4. The summed E-state index contributed by atoms with van der Waals surface area (Å²) >= 11 is 3.34. The first-order valence-electron chi connectivity index (χ1n) is 5.40. The highest BCUT2D eigenvalue weighted by atomic mass is 79.9. The van der Waals surface area contributed by atoms with Crippen molar-refractivity contribution in [2.24, 2.45) is 0 Å². The van der Waals surface area contributed by atoms with Gasteiger partial charge in [0.15, 0.2) is 0 Å². The number of rotatable bonds is 6. The van der Waals surface area contributed by atoms with Crippen LogP contribution in [0.3, 0.4) is 0 Å². The number of carbonyl (C=O) groups excluding carboxylic acids is 2. The monoisotopic (exact) mass is 311 g/mol. The number of ketones is 1. The standard InChI is InChI=1S/C13H14BrNO3/c1-10(16)9-13(17)18-8-2-7-15-12-5-3-11(14)4-6-12/h2-7,15H,8-9H2,1H3. The number of benzene rings is 1. The van der Waals surface area contributed by atoms with Crippen LogP contribution in [-0.4, -0.2) is 18.4 Å². The van der Waals surface area contributed by atoms with Gasteiger partial charge in [0.05, 0.1) is 0 Å². The van der Waals surface area contributed by atoms with Gasteiger partial charge in [-0.05, 0) is 37.3 Å². The van der Waals surface area contributed by atoms with Gasteiger partial charge < -0.3 is 10.1 Å². The fourth-order valence-corrected chi connectivity index (χ4v) is 1.41. The van der Waals surface area contributed by atoms with Gasteiger partial charge in [-0.3, -0.25) is 9.59 Å². The molecule has 0 spiro atoms. The molecule has 0 heterocycles. The first-order chi connectivity index (χ1) is 8.58. The predicted octanol–water partition coefficient (Wildman–Crippen LogP) is 2.90. The first kappa shape index (κ1) is 14.4. The maximum Gasteiger partial charge on any atom is 0.313 e. The molecule has 0 unspecified atom stereocenters. The summed E-state index contributed by atoms with van der Waals surface area (Å²) in [6.07, 6.45) is 3.18. The molecule has 0 saturated carbocycles. The quantitative estimate of drug-likeness (QED) is 0.648. The SMILES string of the molecule is CC(=O)CC(=O)OCC=CNc1ccc(Br)cc1. The van der Waals surface area contributed by atoms with Gasteiger partial charge in [0.2, 0.25) is 0 Å². The molecule has 1 aromatic rings. The van der Waals surface area contributed by atoms with Crippen LogP contribution in [0, 0.1) is 0 Å². The Hall–Kier alpha value is -1.62. The smallest absolute Gasteiger partial charge is 0.313 e. The van der Waals surface area contributed by atoms with E-state index in [1.54, 1.807) is 12.3 Å². The summed E-state index contributed by atoms with van der Waals surface area (Å²) in [5.74, 6) is -0.701. The Morgan fingerprint density at radius 1 is 1.33 bits per heavy atom. The van der Waals surface area contributed by atoms with Gasteiger partial charge in [0.25, 0.3) is 0 Å². The van der Waals surface area contributed by atoms with Gasteiger partial charge in [-0.15, -0.1) is 0 Å². The van der Waals surface area contributed by atoms with Crippen LogP contribution < -0.4 is 5.32 Å². The number of ether oxygens (including phenoxy) is 1. The van der Waals surface area contributed by atoms with Crippen molar-refractivity contribution in [2.45, 2.75) is 13.3 Å². The molecule has 4 nitrogen and oxygen atoms in total. The van der Waals surface area contributed by atoms with Crippen molar-refractivity contribution in [3.05, 3.63) is 41.0 Å². The van der Waals surface area contributed by atoms with Gasteiger partial charge >= 0.3 is 5.97 Å². The molecule has 1 rings (SSSR count). The van der Waals surface area contributed by atoms with E-state index in [1.165, 1.54) is 6.92 Å².